The summed E-state index contributed by atoms with van der Waals surface area (Å²) in [5, 5.41) is 0. The molecule has 2 nitrogen and oxygen atoms in total. The van der Waals surface area contributed by atoms with Crippen LogP contribution in [0.4, 0.5) is 0 Å². The third-order valence-corrected chi connectivity index (χ3v) is 1.40. The predicted octanol–water partition coefficient (Wildman–Crippen LogP) is 1.60. The Balaban J connectivity index is 2.71. The summed E-state index contributed by atoms with van der Waals surface area (Å²) >= 11 is 0. The first kappa shape index (κ1) is 7.90. The molecule has 1 heterocycles. The number of methoxy groups -OCH3 is 1. The van der Waals surface area contributed by atoms with Crippen molar-refractivity contribution in [2.75, 3.05) is 7.11 Å². The van der Waals surface area contributed by atoms with Crippen LogP contribution in [0.15, 0.2) is 16.7 Å². The zero-order valence-electron chi connectivity index (χ0n) is 6.46. The van der Waals surface area contributed by atoms with Gasteiger partial charge in [0.05, 0.1) is 19.3 Å². The highest BCUT2D eigenvalue weighted by atomic mass is 16.5. The largest absolute Gasteiger partial charge is 0.468 e. The molecular formula is C9H10O2. The second-order valence-corrected chi connectivity index (χ2v) is 2.18. The van der Waals surface area contributed by atoms with Crippen molar-refractivity contribution in [2.45, 2.75) is 13.0 Å². The number of terminal acetylenes is 1. The molecule has 0 fully saturated rings. The molecule has 11 heavy (non-hydrogen) atoms. The Hall–Kier alpha value is -1.20. The van der Waals surface area contributed by atoms with E-state index in [0.29, 0.717) is 13.0 Å². The molecule has 0 unspecified atom stereocenters. The highest BCUT2D eigenvalue weighted by Gasteiger charge is 2.02. The van der Waals surface area contributed by atoms with Crippen LogP contribution in [0.3, 0.4) is 0 Å². The van der Waals surface area contributed by atoms with E-state index >= 15 is 0 Å². The summed E-state index contributed by atoms with van der Waals surface area (Å²) in [6.45, 7) is 0.563. The molecule has 0 aliphatic heterocycles. The van der Waals surface area contributed by atoms with E-state index in [2.05, 4.69) is 5.92 Å². The summed E-state index contributed by atoms with van der Waals surface area (Å²) in [5.74, 6) is 3.35. The Morgan fingerprint density at radius 1 is 1.73 bits per heavy atom. The van der Waals surface area contributed by atoms with Gasteiger partial charge in [-0.3, -0.25) is 0 Å². The summed E-state index contributed by atoms with van der Waals surface area (Å²) in [7, 11) is 1.65. The fraction of sp³-hybridized carbons (Fsp3) is 0.333. The average Bonchev–Trinajstić information content (AvgIpc) is 2.39. The van der Waals surface area contributed by atoms with Crippen LogP contribution < -0.4 is 0 Å². The van der Waals surface area contributed by atoms with Gasteiger partial charge in [-0.25, -0.2) is 0 Å². The molecule has 1 aromatic heterocycles. The van der Waals surface area contributed by atoms with E-state index in [9.17, 15) is 0 Å². The number of ether oxygens (including phenoxy) is 1. The molecule has 0 saturated heterocycles. The standard InChI is InChI=1S/C9H10O2/c1-3-4-9-8(7-10-2)5-6-11-9/h1,5-6H,4,7H2,2H3. The van der Waals surface area contributed by atoms with Crippen LogP contribution in [0, 0.1) is 12.3 Å². The molecule has 0 atom stereocenters. The summed E-state index contributed by atoms with van der Waals surface area (Å²) in [4.78, 5) is 0. The summed E-state index contributed by atoms with van der Waals surface area (Å²) in [5.41, 5.74) is 1.03. The molecule has 0 aliphatic rings. The van der Waals surface area contributed by atoms with Crippen molar-refractivity contribution >= 4 is 0 Å². The van der Waals surface area contributed by atoms with Gasteiger partial charge in [-0.15, -0.1) is 6.42 Å². The van der Waals surface area contributed by atoms with Gasteiger partial charge in [-0.05, 0) is 6.07 Å². The smallest absolute Gasteiger partial charge is 0.121 e. The first-order valence-electron chi connectivity index (χ1n) is 3.36. The molecule has 58 valence electrons. The van der Waals surface area contributed by atoms with E-state index in [1.54, 1.807) is 13.4 Å². The summed E-state index contributed by atoms with van der Waals surface area (Å²) in [6, 6.07) is 1.87. The summed E-state index contributed by atoms with van der Waals surface area (Å²) in [6.07, 6.45) is 7.29. The fourth-order valence-electron chi connectivity index (χ4n) is 0.899. The monoisotopic (exact) mass is 150 g/mol. The Kier molecular flexibility index (Phi) is 2.76. The Bertz CT molecular complexity index is 255. The lowest BCUT2D eigenvalue weighted by Gasteiger charge is -1.95. The zero-order chi connectivity index (χ0) is 8.10. The quantitative estimate of drug-likeness (QED) is 0.610. The zero-order valence-corrected chi connectivity index (χ0v) is 6.46. The molecule has 0 N–H and O–H groups in total. The second-order valence-electron chi connectivity index (χ2n) is 2.18. The lowest BCUT2D eigenvalue weighted by atomic mass is 10.2. The highest BCUT2D eigenvalue weighted by molar-refractivity contribution is 5.19. The maximum Gasteiger partial charge on any atom is 0.121 e. The van der Waals surface area contributed by atoms with Gasteiger partial charge < -0.3 is 9.15 Å². The van der Waals surface area contributed by atoms with E-state index in [-0.39, 0.29) is 0 Å². The Morgan fingerprint density at radius 3 is 3.18 bits per heavy atom. The molecule has 2 heteroatoms. The van der Waals surface area contributed by atoms with Crippen molar-refractivity contribution in [3.05, 3.63) is 23.7 Å². The minimum Gasteiger partial charge on any atom is -0.468 e. The topological polar surface area (TPSA) is 22.4 Å². The number of rotatable bonds is 3. The molecule has 0 aliphatic carbocycles. The van der Waals surface area contributed by atoms with Crippen molar-refractivity contribution in [3.8, 4) is 12.3 Å². The first-order chi connectivity index (χ1) is 5.38. The molecule has 0 bridgehead atoms. The minimum absolute atomic E-state index is 0.533. The van der Waals surface area contributed by atoms with Crippen molar-refractivity contribution < 1.29 is 9.15 Å². The van der Waals surface area contributed by atoms with Gasteiger partial charge >= 0.3 is 0 Å². The third-order valence-electron chi connectivity index (χ3n) is 1.40. The molecule has 0 aromatic carbocycles. The van der Waals surface area contributed by atoms with Gasteiger partial charge in [0.2, 0.25) is 0 Å². The molecule has 0 radical (unpaired) electrons. The summed E-state index contributed by atoms with van der Waals surface area (Å²) < 4.78 is 10.1. The van der Waals surface area contributed by atoms with Crippen LogP contribution >= 0.6 is 0 Å². The van der Waals surface area contributed by atoms with Crippen molar-refractivity contribution in [3.63, 3.8) is 0 Å². The third kappa shape index (κ3) is 1.86. The van der Waals surface area contributed by atoms with E-state index < -0.39 is 0 Å². The maximum atomic E-state index is 5.14. The predicted molar refractivity (Wildman–Crippen MR) is 42.0 cm³/mol. The van der Waals surface area contributed by atoms with Crippen LogP contribution in [-0.2, 0) is 17.8 Å². The van der Waals surface area contributed by atoms with Gasteiger partial charge in [0.1, 0.15) is 5.76 Å². The Morgan fingerprint density at radius 2 is 2.55 bits per heavy atom. The molecule has 1 aromatic rings. The van der Waals surface area contributed by atoms with E-state index in [1.165, 1.54) is 0 Å². The maximum absolute atomic E-state index is 5.14. The molecule has 1 rings (SSSR count). The van der Waals surface area contributed by atoms with E-state index in [4.69, 9.17) is 15.6 Å². The molecular weight excluding hydrogens is 140 g/mol. The molecule has 0 amide bonds. The number of hydrogen-bond donors (Lipinski definition) is 0. The number of hydrogen-bond acceptors (Lipinski definition) is 2. The van der Waals surface area contributed by atoms with Gasteiger partial charge in [0.25, 0.3) is 0 Å². The first-order valence-corrected chi connectivity index (χ1v) is 3.36. The van der Waals surface area contributed by atoms with Crippen LogP contribution in [0.2, 0.25) is 0 Å². The molecule has 0 spiro atoms. The fourth-order valence-corrected chi connectivity index (χ4v) is 0.899. The average molecular weight is 150 g/mol. The molecule has 0 saturated carbocycles. The van der Waals surface area contributed by atoms with Gasteiger partial charge in [0.15, 0.2) is 0 Å². The highest BCUT2D eigenvalue weighted by Crippen LogP contribution is 2.11. The van der Waals surface area contributed by atoms with Crippen molar-refractivity contribution in [2.24, 2.45) is 0 Å². The van der Waals surface area contributed by atoms with E-state index in [0.717, 1.165) is 11.3 Å². The van der Waals surface area contributed by atoms with Gasteiger partial charge in [0, 0.05) is 12.7 Å². The Labute approximate surface area is 66.2 Å². The lowest BCUT2D eigenvalue weighted by Crippen LogP contribution is -1.89. The minimum atomic E-state index is 0.533. The SMILES string of the molecule is C#CCc1occc1COC. The van der Waals surface area contributed by atoms with Gasteiger partial charge in [-0.2, -0.15) is 0 Å². The number of furan rings is 1. The van der Waals surface area contributed by atoms with Crippen LogP contribution in [0.25, 0.3) is 0 Å². The van der Waals surface area contributed by atoms with Crippen LogP contribution in [0.5, 0.6) is 0 Å². The van der Waals surface area contributed by atoms with Crippen LogP contribution in [0.1, 0.15) is 11.3 Å². The second kappa shape index (κ2) is 3.85. The van der Waals surface area contributed by atoms with Crippen LogP contribution in [-0.4, -0.2) is 7.11 Å². The lowest BCUT2D eigenvalue weighted by molar-refractivity contribution is 0.183. The normalized spacial score (nSPS) is 9.45. The van der Waals surface area contributed by atoms with Crippen molar-refractivity contribution in [1.82, 2.24) is 0 Å². The van der Waals surface area contributed by atoms with E-state index in [1.807, 2.05) is 6.07 Å². The van der Waals surface area contributed by atoms with Gasteiger partial charge in [-0.1, -0.05) is 5.92 Å². The van der Waals surface area contributed by atoms with Crippen molar-refractivity contribution in [1.29, 1.82) is 0 Å².